The first kappa shape index (κ1) is 32.2. The molecular formula is C37H43N5O5. The molecule has 3 unspecified atom stereocenters. The van der Waals surface area contributed by atoms with Crippen molar-refractivity contribution >= 4 is 29.0 Å². The minimum atomic E-state index is -1.03. The number of carboxylic acids is 1. The summed E-state index contributed by atoms with van der Waals surface area (Å²) < 4.78 is 13.6. The normalized spacial score (nSPS) is 21.8. The van der Waals surface area contributed by atoms with Gasteiger partial charge in [0.15, 0.2) is 17.6 Å². The summed E-state index contributed by atoms with van der Waals surface area (Å²) in [6, 6.07) is 12.1. The van der Waals surface area contributed by atoms with Gasteiger partial charge in [-0.1, -0.05) is 38.5 Å². The fourth-order valence-corrected chi connectivity index (χ4v) is 7.47. The summed E-state index contributed by atoms with van der Waals surface area (Å²) in [5.74, 6) is 0.556. The zero-order valence-electron chi connectivity index (χ0n) is 27.7. The van der Waals surface area contributed by atoms with E-state index >= 15 is 0 Å². The van der Waals surface area contributed by atoms with Crippen molar-refractivity contribution in [2.24, 2.45) is 17.8 Å². The molecule has 1 aliphatic carbocycles. The molecule has 2 N–H and O–H groups in total. The van der Waals surface area contributed by atoms with Gasteiger partial charge >= 0.3 is 11.9 Å². The zero-order valence-corrected chi connectivity index (χ0v) is 27.7. The number of hydrogen-bond acceptors (Lipinski definition) is 6. The number of carboxylic acid groups (broad SMARTS) is 1. The Labute approximate surface area is 275 Å². The van der Waals surface area contributed by atoms with Crippen LogP contribution in [0.25, 0.3) is 21.9 Å². The number of aryl methyl sites for hydroxylation is 1. The van der Waals surface area contributed by atoms with Gasteiger partial charge in [-0.15, -0.1) is 0 Å². The molecule has 0 amide bonds. The van der Waals surface area contributed by atoms with Crippen LogP contribution in [0, 0.1) is 31.2 Å². The average Bonchev–Trinajstić information content (AvgIpc) is 3.77. The lowest BCUT2D eigenvalue weighted by Gasteiger charge is -2.37. The maximum Gasteiger partial charge on any atom is 0.344 e. The summed E-state index contributed by atoms with van der Waals surface area (Å²) in [4.78, 5) is 36.2. The minimum absolute atomic E-state index is 0.174. The highest BCUT2D eigenvalue weighted by atomic mass is 16.5. The number of rotatable bonds is 9. The summed E-state index contributed by atoms with van der Waals surface area (Å²) in [6.45, 7) is 19.8. The topological polar surface area (TPSA) is 114 Å². The van der Waals surface area contributed by atoms with Gasteiger partial charge in [0.25, 0.3) is 0 Å². The second kappa shape index (κ2) is 13.1. The highest BCUT2D eigenvalue weighted by molar-refractivity contribution is 6.03. The van der Waals surface area contributed by atoms with Crippen molar-refractivity contribution in [2.75, 3.05) is 18.0 Å². The Morgan fingerprint density at radius 1 is 1.09 bits per heavy atom. The van der Waals surface area contributed by atoms with Crippen LogP contribution in [0.4, 0.5) is 11.4 Å². The smallest absolute Gasteiger partial charge is 0.344 e. The number of aliphatic carboxylic acids is 1. The molecule has 0 spiro atoms. The summed E-state index contributed by atoms with van der Waals surface area (Å²) >= 11 is 0. The molecule has 246 valence electrons. The molecule has 0 radical (unpaired) electrons. The van der Waals surface area contributed by atoms with E-state index in [-0.39, 0.29) is 29.2 Å². The van der Waals surface area contributed by atoms with Crippen LogP contribution in [0.15, 0.2) is 42.6 Å². The Balaban J connectivity index is 1.39. The molecule has 1 aliphatic heterocycles. The standard InChI is InChI=1S/C37H43N5O5/c1-21-9-12-31(46-25(5)36(43)44)27(17-21)18-26-19-28(41-13-7-8-14-41)10-11-29(26)34-39-35-32(30(38-6)20-42(35)40-34)37(45)47-33-23(3)15-22(2)16-24(33)4/h9-12,17,19-20,22-25,33H,7-8,13-16,18H2,1-5H3,(H,39,40)(H,43,44). The van der Waals surface area contributed by atoms with Crippen molar-refractivity contribution in [1.82, 2.24) is 14.6 Å². The molecule has 10 nitrogen and oxygen atoms in total. The van der Waals surface area contributed by atoms with E-state index < -0.39 is 18.0 Å². The fourth-order valence-electron chi connectivity index (χ4n) is 7.47. The van der Waals surface area contributed by atoms with Gasteiger partial charge in [0, 0.05) is 37.0 Å². The molecule has 1 saturated carbocycles. The number of benzene rings is 2. The summed E-state index contributed by atoms with van der Waals surface area (Å²) in [6.07, 6.45) is 5.12. The molecule has 3 heterocycles. The van der Waals surface area contributed by atoms with E-state index in [2.05, 4.69) is 47.7 Å². The molecule has 2 aromatic heterocycles. The number of nitrogens with zero attached hydrogens (tertiary/aromatic N) is 4. The number of fused-ring (bicyclic) bond motifs is 1. The molecule has 47 heavy (non-hydrogen) atoms. The van der Waals surface area contributed by atoms with E-state index in [4.69, 9.17) is 21.0 Å². The Morgan fingerprint density at radius 3 is 2.49 bits per heavy atom. The van der Waals surface area contributed by atoms with Crippen molar-refractivity contribution in [2.45, 2.75) is 78.9 Å². The molecule has 6 rings (SSSR count). The number of anilines is 1. The van der Waals surface area contributed by atoms with Crippen molar-refractivity contribution in [1.29, 1.82) is 0 Å². The van der Waals surface area contributed by atoms with Gasteiger partial charge in [-0.05, 0) is 92.7 Å². The monoisotopic (exact) mass is 637 g/mol. The minimum Gasteiger partial charge on any atom is -0.479 e. The van der Waals surface area contributed by atoms with E-state index in [0.717, 1.165) is 66.7 Å². The summed E-state index contributed by atoms with van der Waals surface area (Å²) in [7, 11) is 0. The van der Waals surface area contributed by atoms with E-state index in [9.17, 15) is 14.7 Å². The number of aromatic nitrogens is 3. The number of carbonyl (C=O) groups excluding carboxylic acids is 1. The van der Waals surface area contributed by atoms with E-state index in [1.165, 1.54) is 6.92 Å². The van der Waals surface area contributed by atoms with Crippen LogP contribution < -0.4 is 9.64 Å². The first-order chi connectivity index (χ1) is 22.5. The number of nitrogens with one attached hydrogen (secondary N) is 1. The van der Waals surface area contributed by atoms with Crippen LogP contribution in [-0.2, 0) is 16.0 Å². The van der Waals surface area contributed by atoms with Crippen LogP contribution in [0.1, 0.15) is 80.4 Å². The number of carbonyl (C=O) groups is 2. The van der Waals surface area contributed by atoms with Crippen LogP contribution in [0.2, 0.25) is 0 Å². The van der Waals surface area contributed by atoms with Crippen LogP contribution in [0.5, 0.6) is 5.75 Å². The summed E-state index contributed by atoms with van der Waals surface area (Å²) in [5.41, 5.74) is 5.53. The molecule has 4 aromatic rings. The van der Waals surface area contributed by atoms with Crippen LogP contribution in [-0.4, -0.2) is 56.9 Å². The lowest BCUT2D eigenvalue weighted by molar-refractivity contribution is -0.144. The first-order valence-electron chi connectivity index (χ1n) is 16.6. The van der Waals surface area contributed by atoms with Crippen LogP contribution in [0.3, 0.4) is 0 Å². The highest BCUT2D eigenvalue weighted by Crippen LogP contribution is 2.38. The second-order valence-corrected chi connectivity index (χ2v) is 13.6. The largest absolute Gasteiger partial charge is 0.479 e. The quantitative estimate of drug-likeness (QED) is 0.145. The lowest BCUT2D eigenvalue weighted by Crippen LogP contribution is -2.37. The van der Waals surface area contributed by atoms with Gasteiger partial charge < -0.3 is 19.5 Å². The van der Waals surface area contributed by atoms with Gasteiger partial charge in [0.1, 0.15) is 17.4 Å². The summed E-state index contributed by atoms with van der Waals surface area (Å²) in [5, 5.41) is 12.8. The van der Waals surface area contributed by atoms with Gasteiger partial charge in [-0.25, -0.2) is 19.4 Å². The predicted octanol–water partition coefficient (Wildman–Crippen LogP) is 7.46. The Hall–Kier alpha value is -4.78. The molecule has 2 aliphatic rings. The molecule has 1 saturated heterocycles. The fraction of sp³-hybridized carbons (Fsp3) is 0.459. The Morgan fingerprint density at radius 2 is 1.81 bits per heavy atom. The highest BCUT2D eigenvalue weighted by Gasteiger charge is 2.36. The maximum absolute atomic E-state index is 13.7. The molecule has 10 heteroatoms. The van der Waals surface area contributed by atoms with Crippen molar-refractivity contribution < 1.29 is 24.2 Å². The molecule has 2 fully saturated rings. The molecule has 2 aromatic carbocycles. The lowest BCUT2D eigenvalue weighted by atomic mass is 9.75. The SMILES string of the molecule is [C-]#[N+]c1cn2[nH]c(-c3ccc(N4CCCC4)cc3Cc3cc(C)ccc3OC(C)C(=O)O)nc2c1C(=O)OC1C(C)CC(C)CC1C. The van der Waals surface area contributed by atoms with Crippen LogP contribution >= 0.6 is 0 Å². The van der Waals surface area contributed by atoms with Crippen molar-refractivity contribution in [3.05, 3.63) is 76.3 Å². The van der Waals surface area contributed by atoms with E-state index in [1.807, 2.05) is 31.2 Å². The Bertz CT molecular complexity index is 1830. The zero-order chi connectivity index (χ0) is 33.4. The first-order valence-corrected chi connectivity index (χ1v) is 16.6. The third kappa shape index (κ3) is 6.57. The van der Waals surface area contributed by atoms with Crippen molar-refractivity contribution in [3.63, 3.8) is 0 Å². The third-order valence-corrected chi connectivity index (χ3v) is 9.70. The number of H-pyrrole nitrogens is 1. The second-order valence-electron chi connectivity index (χ2n) is 13.6. The number of aromatic amines is 1. The van der Waals surface area contributed by atoms with E-state index in [1.54, 1.807) is 10.7 Å². The van der Waals surface area contributed by atoms with Gasteiger partial charge in [0.05, 0.1) is 6.57 Å². The number of esters is 1. The Kier molecular flexibility index (Phi) is 9.00. The predicted molar refractivity (Wildman–Crippen MR) is 180 cm³/mol. The molecular weight excluding hydrogens is 594 g/mol. The number of ether oxygens (including phenoxy) is 2. The number of hydrogen-bond donors (Lipinski definition) is 2. The molecule has 0 bridgehead atoms. The molecule has 3 atom stereocenters. The van der Waals surface area contributed by atoms with Gasteiger partial charge in [-0.2, -0.15) is 0 Å². The van der Waals surface area contributed by atoms with E-state index in [0.29, 0.717) is 29.6 Å². The van der Waals surface area contributed by atoms with Gasteiger partial charge in [-0.3, -0.25) is 9.61 Å². The third-order valence-electron chi connectivity index (χ3n) is 9.70. The average molecular weight is 638 g/mol. The van der Waals surface area contributed by atoms with Crippen molar-refractivity contribution in [3.8, 4) is 17.1 Å². The maximum atomic E-state index is 13.7. The van der Waals surface area contributed by atoms with Gasteiger partial charge in [0.2, 0.25) is 5.69 Å².